The van der Waals surface area contributed by atoms with Gasteiger partial charge in [-0.15, -0.1) is 0 Å². The van der Waals surface area contributed by atoms with Crippen LogP contribution in [0.2, 0.25) is 0 Å². The third kappa shape index (κ3) is 3.91. The molecule has 1 aromatic carbocycles. The second-order valence-electron chi connectivity index (χ2n) is 5.76. The van der Waals surface area contributed by atoms with E-state index in [-0.39, 0.29) is 24.8 Å². The standard InChI is InChI=1S/C18H23NO3/c1-13(2)19(14(3)4)18(20)8-6-5-7-15-9-10-16-17(11-15)22-12-21-16/h5-11,13-14H,12H2,1-4H3/b7-5-,8-6+. The average Bonchev–Trinajstić information content (AvgIpc) is 2.90. The molecule has 0 aliphatic carbocycles. The first kappa shape index (κ1) is 16.1. The zero-order valence-electron chi connectivity index (χ0n) is 13.6. The van der Waals surface area contributed by atoms with E-state index < -0.39 is 0 Å². The smallest absolute Gasteiger partial charge is 0.247 e. The number of hydrogen-bond acceptors (Lipinski definition) is 3. The number of amides is 1. The molecule has 0 fully saturated rings. The van der Waals surface area contributed by atoms with Gasteiger partial charge in [0.05, 0.1) is 0 Å². The normalized spacial score (nSPS) is 13.7. The SMILES string of the molecule is CC(C)N(C(=O)/C=C/C=C\c1ccc2c(c1)OCO2)C(C)C. The van der Waals surface area contributed by atoms with Crippen LogP contribution >= 0.6 is 0 Å². The van der Waals surface area contributed by atoms with Gasteiger partial charge in [0.2, 0.25) is 12.7 Å². The lowest BCUT2D eigenvalue weighted by Crippen LogP contribution is -2.41. The maximum absolute atomic E-state index is 12.2. The second kappa shape index (κ2) is 7.16. The number of carbonyl (C=O) groups excluding carboxylic acids is 1. The van der Waals surface area contributed by atoms with E-state index >= 15 is 0 Å². The predicted octanol–water partition coefficient (Wildman–Crippen LogP) is 3.63. The molecular weight excluding hydrogens is 278 g/mol. The van der Waals surface area contributed by atoms with Gasteiger partial charge in [-0.25, -0.2) is 0 Å². The van der Waals surface area contributed by atoms with Crippen LogP contribution in [0.15, 0.2) is 36.4 Å². The summed E-state index contributed by atoms with van der Waals surface area (Å²) < 4.78 is 10.6. The highest BCUT2D eigenvalue weighted by Crippen LogP contribution is 2.32. The van der Waals surface area contributed by atoms with E-state index in [1.54, 1.807) is 12.2 Å². The molecule has 1 amide bonds. The fraction of sp³-hybridized carbons (Fsp3) is 0.389. The molecule has 1 aromatic rings. The maximum atomic E-state index is 12.2. The Morgan fingerprint density at radius 1 is 1.09 bits per heavy atom. The van der Waals surface area contributed by atoms with Crippen molar-refractivity contribution < 1.29 is 14.3 Å². The van der Waals surface area contributed by atoms with Gasteiger partial charge in [0, 0.05) is 18.2 Å². The van der Waals surface area contributed by atoms with Crippen molar-refractivity contribution in [1.82, 2.24) is 4.90 Å². The van der Waals surface area contributed by atoms with Gasteiger partial charge >= 0.3 is 0 Å². The second-order valence-corrected chi connectivity index (χ2v) is 5.76. The summed E-state index contributed by atoms with van der Waals surface area (Å²) in [5.74, 6) is 1.56. The number of fused-ring (bicyclic) bond motifs is 1. The summed E-state index contributed by atoms with van der Waals surface area (Å²) in [7, 11) is 0. The molecule has 1 aliphatic rings. The van der Waals surface area contributed by atoms with Crippen molar-refractivity contribution in [1.29, 1.82) is 0 Å². The molecule has 4 nitrogen and oxygen atoms in total. The Balaban J connectivity index is 1.98. The van der Waals surface area contributed by atoms with Crippen LogP contribution in [0.5, 0.6) is 11.5 Å². The minimum absolute atomic E-state index is 0.0281. The maximum Gasteiger partial charge on any atom is 0.247 e. The molecule has 0 saturated heterocycles. The molecule has 0 bridgehead atoms. The number of benzene rings is 1. The number of nitrogens with zero attached hydrogens (tertiary/aromatic N) is 1. The number of allylic oxidation sites excluding steroid dienone is 2. The predicted molar refractivity (Wildman–Crippen MR) is 87.9 cm³/mol. The molecular formula is C18H23NO3. The molecule has 0 N–H and O–H groups in total. The summed E-state index contributed by atoms with van der Waals surface area (Å²) in [6.45, 7) is 8.36. The molecule has 1 aliphatic heterocycles. The Bertz CT molecular complexity index is 580. The quantitative estimate of drug-likeness (QED) is 0.616. The molecule has 0 unspecified atom stereocenters. The van der Waals surface area contributed by atoms with Crippen molar-refractivity contribution in [3.8, 4) is 11.5 Å². The van der Waals surface area contributed by atoms with E-state index in [0.717, 1.165) is 17.1 Å². The lowest BCUT2D eigenvalue weighted by molar-refractivity contribution is -0.129. The zero-order valence-corrected chi connectivity index (χ0v) is 13.6. The van der Waals surface area contributed by atoms with Gasteiger partial charge in [0.25, 0.3) is 0 Å². The Kier molecular flexibility index (Phi) is 5.26. The van der Waals surface area contributed by atoms with Gasteiger partial charge in [-0.05, 0) is 45.4 Å². The highest BCUT2D eigenvalue weighted by Gasteiger charge is 2.17. The van der Waals surface area contributed by atoms with Crippen LogP contribution in [0.4, 0.5) is 0 Å². The lowest BCUT2D eigenvalue weighted by Gasteiger charge is -2.29. The van der Waals surface area contributed by atoms with Crippen molar-refractivity contribution >= 4 is 12.0 Å². The molecule has 1 heterocycles. The monoisotopic (exact) mass is 301 g/mol. The molecule has 0 atom stereocenters. The van der Waals surface area contributed by atoms with Crippen molar-refractivity contribution in [2.45, 2.75) is 39.8 Å². The first-order valence-corrected chi connectivity index (χ1v) is 7.55. The van der Waals surface area contributed by atoms with Crippen LogP contribution in [0.25, 0.3) is 6.08 Å². The fourth-order valence-electron chi connectivity index (χ4n) is 2.51. The molecule has 0 saturated carbocycles. The van der Waals surface area contributed by atoms with Gasteiger partial charge in [-0.3, -0.25) is 4.79 Å². The van der Waals surface area contributed by atoms with Gasteiger partial charge in [-0.2, -0.15) is 0 Å². The summed E-state index contributed by atoms with van der Waals surface area (Å²) in [4.78, 5) is 14.0. The summed E-state index contributed by atoms with van der Waals surface area (Å²) in [5.41, 5.74) is 1.01. The average molecular weight is 301 g/mol. The van der Waals surface area contributed by atoms with E-state index in [4.69, 9.17) is 9.47 Å². The largest absolute Gasteiger partial charge is 0.454 e. The third-order valence-electron chi connectivity index (χ3n) is 3.40. The van der Waals surface area contributed by atoms with Crippen molar-refractivity contribution in [3.63, 3.8) is 0 Å². The molecule has 0 spiro atoms. The first-order chi connectivity index (χ1) is 10.5. The topological polar surface area (TPSA) is 38.8 Å². The van der Waals surface area contributed by atoms with Crippen LogP contribution in [0, 0.1) is 0 Å². The van der Waals surface area contributed by atoms with Crippen LogP contribution in [-0.4, -0.2) is 29.7 Å². The van der Waals surface area contributed by atoms with Crippen molar-refractivity contribution in [2.75, 3.05) is 6.79 Å². The summed E-state index contributed by atoms with van der Waals surface area (Å²) in [5, 5.41) is 0. The Morgan fingerprint density at radius 3 is 2.45 bits per heavy atom. The number of hydrogen-bond donors (Lipinski definition) is 0. The van der Waals surface area contributed by atoms with Gasteiger partial charge in [-0.1, -0.05) is 24.3 Å². The van der Waals surface area contributed by atoms with E-state index in [9.17, 15) is 4.79 Å². The van der Waals surface area contributed by atoms with Crippen LogP contribution < -0.4 is 9.47 Å². The molecule has 118 valence electrons. The summed E-state index contributed by atoms with van der Waals surface area (Å²) >= 11 is 0. The molecule has 22 heavy (non-hydrogen) atoms. The van der Waals surface area contributed by atoms with Crippen LogP contribution in [0.3, 0.4) is 0 Å². The van der Waals surface area contributed by atoms with Gasteiger partial charge in [0.15, 0.2) is 11.5 Å². The van der Waals surface area contributed by atoms with Crippen LogP contribution in [0.1, 0.15) is 33.3 Å². The minimum Gasteiger partial charge on any atom is -0.454 e. The van der Waals surface area contributed by atoms with Crippen molar-refractivity contribution in [2.24, 2.45) is 0 Å². The van der Waals surface area contributed by atoms with Crippen molar-refractivity contribution in [3.05, 3.63) is 42.0 Å². The Labute approximate surface area is 132 Å². The van der Waals surface area contributed by atoms with E-state index in [1.807, 2.05) is 62.9 Å². The molecule has 4 heteroatoms. The lowest BCUT2D eigenvalue weighted by atomic mass is 10.2. The molecule has 0 aromatic heterocycles. The third-order valence-corrected chi connectivity index (χ3v) is 3.40. The number of rotatable bonds is 5. The van der Waals surface area contributed by atoms with E-state index in [0.29, 0.717) is 0 Å². The number of ether oxygens (including phenoxy) is 2. The molecule has 0 radical (unpaired) electrons. The minimum atomic E-state index is 0.0281. The number of carbonyl (C=O) groups is 1. The summed E-state index contributed by atoms with van der Waals surface area (Å²) in [6, 6.07) is 6.14. The fourth-order valence-corrected chi connectivity index (χ4v) is 2.51. The zero-order chi connectivity index (χ0) is 16.1. The van der Waals surface area contributed by atoms with Gasteiger partial charge < -0.3 is 14.4 Å². The van der Waals surface area contributed by atoms with Crippen LogP contribution in [-0.2, 0) is 4.79 Å². The van der Waals surface area contributed by atoms with E-state index in [2.05, 4.69) is 0 Å². The Hall–Kier alpha value is -2.23. The van der Waals surface area contributed by atoms with Gasteiger partial charge in [0.1, 0.15) is 0 Å². The van der Waals surface area contributed by atoms with E-state index in [1.165, 1.54) is 0 Å². The summed E-state index contributed by atoms with van der Waals surface area (Å²) in [6.07, 6.45) is 7.16. The Morgan fingerprint density at radius 2 is 1.77 bits per heavy atom. The first-order valence-electron chi connectivity index (χ1n) is 7.55. The molecule has 2 rings (SSSR count). The highest BCUT2D eigenvalue weighted by atomic mass is 16.7. The highest BCUT2D eigenvalue weighted by molar-refractivity contribution is 5.88.